The molecule has 1 aliphatic heterocycles. The first-order chi connectivity index (χ1) is 32.5. The van der Waals surface area contributed by atoms with Gasteiger partial charge in [-0.3, -0.25) is 0 Å². The quantitative estimate of drug-likeness (QED) is 0.165. The Morgan fingerprint density at radius 2 is 0.970 bits per heavy atom. The molecule has 9 aromatic carbocycles. The molecule has 1 heterocycles. The first-order valence-electron chi connectivity index (χ1n) is 23.4. The molecule has 2 nitrogen and oxygen atoms in total. The van der Waals surface area contributed by atoms with E-state index in [2.05, 4.69) is 254 Å². The van der Waals surface area contributed by atoms with Crippen LogP contribution in [0, 0.1) is 0 Å². The molecule has 9 aromatic rings. The van der Waals surface area contributed by atoms with Gasteiger partial charge in [-0.1, -0.05) is 196 Å². The second-order valence-electron chi connectivity index (χ2n) is 18.6. The van der Waals surface area contributed by atoms with Gasteiger partial charge in [-0.05, 0) is 128 Å². The van der Waals surface area contributed by atoms with Crippen molar-refractivity contribution in [1.29, 1.82) is 0 Å². The minimum absolute atomic E-state index is 0.163. The average molecular weight is 845 g/mol. The Kier molecular flexibility index (Phi) is 8.64. The number of fused-ring (bicyclic) bond motifs is 12. The molecule has 0 radical (unpaired) electrons. The van der Waals surface area contributed by atoms with Crippen LogP contribution in [0.3, 0.4) is 0 Å². The Morgan fingerprint density at radius 3 is 1.70 bits per heavy atom. The number of benzene rings is 9. The van der Waals surface area contributed by atoms with E-state index < -0.39 is 5.41 Å². The van der Waals surface area contributed by atoms with Gasteiger partial charge < -0.3 is 9.80 Å². The van der Waals surface area contributed by atoms with Crippen LogP contribution in [0.1, 0.15) is 65.6 Å². The highest BCUT2D eigenvalue weighted by Crippen LogP contribution is 2.64. The van der Waals surface area contributed by atoms with E-state index >= 15 is 0 Å². The van der Waals surface area contributed by atoms with Crippen LogP contribution in [-0.2, 0) is 10.8 Å². The zero-order valence-electron chi connectivity index (χ0n) is 37.2. The van der Waals surface area contributed by atoms with E-state index in [1.165, 1.54) is 95.0 Å². The first kappa shape index (κ1) is 38.5. The van der Waals surface area contributed by atoms with Crippen LogP contribution in [0.25, 0.3) is 39.0 Å². The van der Waals surface area contributed by atoms with Crippen molar-refractivity contribution < 1.29 is 0 Å². The summed E-state index contributed by atoms with van der Waals surface area (Å²) in [7, 11) is 0. The predicted octanol–water partition coefficient (Wildman–Crippen LogP) is 17.0. The van der Waals surface area contributed by atoms with E-state index in [1.807, 2.05) is 0 Å². The lowest BCUT2D eigenvalue weighted by atomic mass is 9.64. The van der Waals surface area contributed by atoms with Crippen molar-refractivity contribution in [2.45, 2.75) is 37.5 Å². The topological polar surface area (TPSA) is 6.48 Å². The monoisotopic (exact) mass is 844 g/mol. The maximum Gasteiger partial charge on any atom is 0.0755 e. The lowest BCUT2D eigenvalue weighted by Gasteiger charge is -2.45. The van der Waals surface area contributed by atoms with Crippen LogP contribution in [-0.4, -0.2) is 0 Å². The summed E-state index contributed by atoms with van der Waals surface area (Å²) in [5.74, 6) is 0. The molecule has 0 saturated carbocycles. The molecule has 0 unspecified atom stereocenters. The third-order valence-corrected chi connectivity index (χ3v) is 14.9. The van der Waals surface area contributed by atoms with Gasteiger partial charge in [0.2, 0.25) is 0 Å². The first-order valence-corrected chi connectivity index (χ1v) is 23.4. The fourth-order valence-corrected chi connectivity index (χ4v) is 12.1. The second-order valence-corrected chi connectivity index (χ2v) is 18.6. The van der Waals surface area contributed by atoms with Crippen molar-refractivity contribution in [3.8, 4) is 33.4 Å². The van der Waals surface area contributed by atoms with Gasteiger partial charge >= 0.3 is 0 Å². The summed E-state index contributed by atoms with van der Waals surface area (Å²) in [4.78, 5) is 5.05. The van der Waals surface area contributed by atoms with E-state index in [0.717, 1.165) is 29.9 Å². The van der Waals surface area contributed by atoms with Gasteiger partial charge in [-0.25, -0.2) is 0 Å². The number of nitrogens with zero attached hydrogens (tertiary/aromatic N) is 2. The summed E-state index contributed by atoms with van der Waals surface area (Å²) in [5, 5.41) is 0. The molecule has 2 heteroatoms. The largest absolute Gasteiger partial charge is 0.310 e. The van der Waals surface area contributed by atoms with Crippen molar-refractivity contribution in [3.05, 3.63) is 269 Å². The number of rotatable bonds is 6. The number of para-hydroxylation sites is 4. The third-order valence-electron chi connectivity index (χ3n) is 14.9. The zero-order valence-corrected chi connectivity index (χ0v) is 37.2. The summed E-state index contributed by atoms with van der Waals surface area (Å²) in [6.07, 6.45) is 9.15. The Bertz CT molecular complexity index is 3430. The summed E-state index contributed by atoms with van der Waals surface area (Å²) in [6.45, 7) is 4.77. The molecule has 4 aliphatic rings. The zero-order chi connectivity index (χ0) is 44.0. The minimum atomic E-state index is -0.592. The van der Waals surface area contributed by atoms with Gasteiger partial charge in [0.15, 0.2) is 0 Å². The Hall–Kier alpha value is -7.94. The standard InChI is InChI=1S/C64H48N2/c1-63(2)52-31-14-12-30-51(52)62-56(63)35-21-39-61(62)66(58-36-18-13-29-50(58)47-27-10-9-26-46(47)43-22-5-3-6-23-43)45-40-41-49-48-28-11-15-32-53(48)64(57(49)42-45)54-33-16-19-37-59(54)65(44-24-7-4-8-25-44)60-38-20-17-34-55(60)64/h4-5,7-42H,3,6H2,1-2H3. The van der Waals surface area contributed by atoms with E-state index in [0.29, 0.717) is 0 Å². The highest BCUT2D eigenvalue weighted by molar-refractivity contribution is 6.02. The van der Waals surface area contributed by atoms with E-state index in [9.17, 15) is 0 Å². The van der Waals surface area contributed by atoms with Gasteiger partial charge in [0, 0.05) is 27.9 Å². The minimum Gasteiger partial charge on any atom is -0.310 e. The van der Waals surface area contributed by atoms with Crippen molar-refractivity contribution in [3.63, 3.8) is 0 Å². The number of hydrogen-bond acceptors (Lipinski definition) is 2. The second kappa shape index (κ2) is 14.8. The van der Waals surface area contributed by atoms with Crippen molar-refractivity contribution >= 4 is 39.7 Å². The maximum atomic E-state index is 2.59. The molecule has 0 amide bonds. The Labute approximate surface area is 388 Å². The number of anilines is 6. The fourth-order valence-electron chi connectivity index (χ4n) is 12.1. The van der Waals surface area contributed by atoms with Gasteiger partial charge in [0.25, 0.3) is 0 Å². The summed E-state index contributed by atoms with van der Waals surface area (Å²) < 4.78 is 0. The molecule has 0 atom stereocenters. The van der Waals surface area contributed by atoms with Crippen molar-refractivity contribution in [2.75, 3.05) is 9.80 Å². The smallest absolute Gasteiger partial charge is 0.0755 e. The van der Waals surface area contributed by atoms with Crippen LogP contribution < -0.4 is 9.80 Å². The van der Waals surface area contributed by atoms with E-state index in [1.54, 1.807) is 0 Å². The SMILES string of the molecule is CC1(C)c2ccccc2-c2c(N(c3ccc4c(c3)C3(c5ccccc5-4)c4ccccc4N(c4ccccc4)c4ccccc43)c3ccccc3-c3ccccc3C3=CCCC=C3)cccc21. The Balaban J connectivity index is 1.12. The van der Waals surface area contributed by atoms with Gasteiger partial charge in [0.1, 0.15) is 0 Å². The lowest BCUT2D eigenvalue weighted by Crippen LogP contribution is -2.36. The van der Waals surface area contributed by atoms with Gasteiger partial charge in [0.05, 0.1) is 28.2 Å². The van der Waals surface area contributed by atoms with Crippen LogP contribution >= 0.6 is 0 Å². The van der Waals surface area contributed by atoms with Crippen molar-refractivity contribution in [2.24, 2.45) is 0 Å². The molecule has 0 fully saturated rings. The normalized spacial score (nSPS) is 15.2. The molecular weight excluding hydrogens is 797 g/mol. The maximum absolute atomic E-state index is 2.59. The Morgan fingerprint density at radius 1 is 0.409 bits per heavy atom. The molecule has 1 spiro atoms. The highest BCUT2D eigenvalue weighted by Gasteiger charge is 2.52. The third kappa shape index (κ3) is 5.42. The van der Waals surface area contributed by atoms with Crippen LogP contribution in [0.5, 0.6) is 0 Å². The van der Waals surface area contributed by atoms with Crippen molar-refractivity contribution in [1.82, 2.24) is 0 Å². The highest BCUT2D eigenvalue weighted by atomic mass is 15.2. The van der Waals surface area contributed by atoms with Crippen LogP contribution in [0.4, 0.5) is 34.1 Å². The van der Waals surface area contributed by atoms with Crippen LogP contribution in [0.15, 0.2) is 231 Å². The molecule has 3 aliphatic carbocycles. The van der Waals surface area contributed by atoms with E-state index in [-0.39, 0.29) is 5.41 Å². The molecule has 0 saturated heterocycles. The number of allylic oxidation sites excluding steroid dienone is 4. The van der Waals surface area contributed by atoms with E-state index in [4.69, 9.17) is 0 Å². The van der Waals surface area contributed by atoms with Gasteiger partial charge in [-0.15, -0.1) is 0 Å². The molecular formula is C64H48N2. The predicted molar refractivity (Wildman–Crippen MR) is 276 cm³/mol. The molecule has 13 rings (SSSR count). The van der Waals surface area contributed by atoms with Gasteiger partial charge in [-0.2, -0.15) is 0 Å². The average Bonchev–Trinajstić information content (AvgIpc) is 3.80. The summed E-state index contributed by atoms with van der Waals surface area (Å²) in [5.41, 5.74) is 24.2. The summed E-state index contributed by atoms with van der Waals surface area (Å²) in [6, 6.07) is 79.6. The van der Waals surface area contributed by atoms with Crippen LogP contribution in [0.2, 0.25) is 0 Å². The molecule has 0 bridgehead atoms. The molecule has 314 valence electrons. The lowest BCUT2D eigenvalue weighted by molar-refractivity contribution is 0.660. The summed E-state index contributed by atoms with van der Waals surface area (Å²) >= 11 is 0. The molecule has 66 heavy (non-hydrogen) atoms. The number of hydrogen-bond donors (Lipinski definition) is 0. The molecule has 0 aromatic heterocycles. The fraction of sp³-hybridized carbons (Fsp3) is 0.0938. The molecule has 0 N–H and O–H groups in total.